The molecular weight excluding hydrogens is 200 g/mol. The van der Waals surface area contributed by atoms with Crippen LogP contribution >= 0.6 is 0 Å². The zero-order valence-corrected chi connectivity index (χ0v) is 10.1. The minimum Gasteiger partial charge on any atom is -0.468 e. The summed E-state index contributed by atoms with van der Waals surface area (Å²) in [5.41, 5.74) is 5.63. The molecule has 0 saturated carbocycles. The van der Waals surface area contributed by atoms with Gasteiger partial charge in [-0.2, -0.15) is 4.98 Å². The third-order valence-electron chi connectivity index (χ3n) is 2.70. The van der Waals surface area contributed by atoms with Crippen LogP contribution in [0.3, 0.4) is 0 Å². The second kappa shape index (κ2) is 4.00. The summed E-state index contributed by atoms with van der Waals surface area (Å²) in [4.78, 5) is 7.53. The van der Waals surface area contributed by atoms with Gasteiger partial charge in [0.1, 0.15) is 0 Å². The van der Waals surface area contributed by atoms with E-state index < -0.39 is 0 Å². The molecule has 0 atom stereocenters. The van der Waals surface area contributed by atoms with Crippen LogP contribution < -0.4 is 4.74 Å². The summed E-state index contributed by atoms with van der Waals surface area (Å²) < 4.78 is 5.10. The predicted molar refractivity (Wildman–Crippen MR) is 64.8 cm³/mol. The second-order valence-electron chi connectivity index (χ2n) is 4.04. The number of hydrogen-bond donors (Lipinski definition) is 1. The molecule has 2 aromatic rings. The van der Waals surface area contributed by atoms with Crippen molar-refractivity contribution in [3.05, 3.63) is 35.0 Å². The van der Waals surface area contributed by atoms with Gasteiger partial charge in [-0.1, -0.05) is 17.7 Å². The summed E-state index contributed by atoms with van der Waals surface area (Å²) in [6.07, 6.45) is 0. The molecule has 16 heavy (non-hydrogen) atoms. The molecule has 0 aliphatic carbocycles. The van der Waals surface area contributed by atoms with Gasteiger partial charge in [0.15, 0.2) is 0 Å². The molecule has 0 radical (unpaired) electrons. The van der Waals surface area contributed by atoms with Gasteiger partial charge in [0.05, 0.1) is 12.8 Å². The van der Waals surface area contributed by atoms with Crippen molar-refractivity contribution in [3.8, 4) is 17.3 Å². The SMILES string of the molecule is COc1nc(-c2cc(C)ccc2C)c(C)[nH]1. The molecule has 1 aromatic carbocycles. The molecule has 0 spiro atoms. The molecule has 0 fully saturated rings. The molecule has 0 unspecified atom stereocenters. The van der Waals surface area contributed by atoms with Gasteiger partial charge in [0.25, 0.3) is 6.01 Å². The Morgan fingerprint density at radius 1 is 1.19 bits per heavy atom. The Labute approximate surface area is 95.5 Å². The van der Waals surface area contributed by atoms with Crippen molar-refractivity contribution in [2.24, 2.45) is 0 Å². The van der Waals surface area contributed by atoms with E-state index in [-0.39, 0.29) is 0 Å². The Bertz CT molecular complexity index is 515. The Morgan fingerprint density at radius 2 is 1.94 bits per heavy atom. The van der Waals surface area contributed by atoms with Gasteiger partial charge in [-0.3, -0.25) is 0 Å². The van der Waals surface area contributed by atoms with Crippen LogP contribution in [0.4, 0.5) is 0 Å². The summed E-state index contributed by atoms with van der Waals surface area (Å²) >= 11 is 0. The molecule has 1 N–H and O–H groups in total. The number of ether oxygens (including phenoxy) is 1. The van der Waals surface area contributed by atoms with Crippen LogP contribution in [0.5, 0.6) is 6.01 Å². The van der Waals surface area contributed by atoms with Crippen LogP contribution in [0.1, 0.15) is 16.8 Å². The topological polar surface area (TPSA) is 37.9 Å². The number of benzene rings is 1. The lowest BCUT2D eigenvalue weighted by atomic mass is 10.0. The quantitative estimate of drug-likeness (QED) is 0.838. The molecule has 1 aromatic heterocycles. The standard InChI is InChI=1S/C13H16N2O/c1-8-5-6-9(2)11(7-8)12-10(3)14-13(15-12)16-4/h5-7H,1-4H3,(H,14,15). The van der Waals surface area contributed by atoms with E-state index in [2.05, 4.69) is 42.0 Å². The van der Waals surface area contributed by atoms with Crippen molar-refractivity contribution < 1.29 is 4.74 Å². The van der Waals surface area contributed by atoms with E-state index in [9.17, 15) is 0 Å². The van der Waals surface area contributed by atoms with Gasteiger partial charge in [-0.15, -0.1) is 0 Å². The first-order valence-corrected chi connectivity index (χ1v) is 5.30. The Balaban J connectivity index is 2.57. The maximum absolute atomic E-state index is 5.10. The molecule has 1 heterocycles. The van der Waals surface area contributed by atoms with Gasteiger partial charge in [0, 0.05) is 11.3 Å². The van der Waals surface area contributed by atoms with Crippen LogP contribution in [0.25, 0.3) is 11.3 Å². The van der Waals surface area contributed by atoms with Crippen molar-refractivity contribution >= 4 is 0 Å². The predicted octanol–water partition coefficient (Wildman–Crippen LogP) is 3.01. The number of aryl methyl sites for hydroxylation is 3. The number of aromatic amines is 1. The minimum absolute atomic E-state index is 0.563. The lowest BCUT2D eigenvalue weighted by Crippen LogP contribution is -1.87. The van der Waals surface area contributed by atoms with Gasteiger partial charge in [-0.05, 0) is 32.4 Å². The first kappa shape index (κ1) is 10.7. The van der Waals surface area contributed by atoms with Gasteiger partial charge >= 0.3 is 0 Å². The largest absolute Gasteiger partial charge is 0.468 e. The summed E-state index contributed by atoms with van der Waals surface area (Å²) in [6.45, 7) is 6.18. The monoisotopic (exact) mass is 216 g/mol. The second-order valence-corrected chi connectivity index (χ2v) is 4.04. The molecule has 84 valence electrons. The lowest BCUT2D eigenvalue weighted by Gasteiger charge is -2.04. The van der Waals surface area contributed by atoms with E-state index in [4.69, 9.17) is 4.74 Å². The number of nitrogens with one attached hydrogen (secondary N) is 1. The van der Waals surface area contributed by atoms with Gasteiger partial charge < -0.3 is 9.72 Å². The number of H-pyrrole nitrogens is 1. The lowest BCUT2D eigenvalue weighted by molar-refractivity contribution is 0.384. The number of aromatic nitrogens is 2. The van der Waals surface area contributed by atoms with Crippen molar-refractivity contribution in [2.45, 2.75) is 20.8 Å². The number of rotatable bonds is 2. The number of nitrogens with zero attached hydrogens (tertiary/aromatic N) is 1. The summed E-state index contributed by atoms with van der Waals surface area (Å²) in [6, 6.07) is 6.94. The fraction of sp³-hybridized carbons (Fsp3) is 0.308. The summed E-state index contributed by atoms with van der Waals surface area (Å²) in [5.74, 6) is 0. The first-order valence-electron chi connectivity index (χ1n) is 5.30. The normalized spacial score (nSPS) is 10.5. The van der Waals surface area contributed by atoms with Crippen molar-refractivity contribution in [1.29, 1.82) is 0 Å². The number of methoxy groups -OCH3 is 1. The van der Waals surface area contributed by atoms with Crippen LogP contribution in [-0.2, 0) is 0 Å². The van der Waals surface area contributed by atoms with E-state index in [1.807, 2.05) is 6.92 Å². The average Bonchev–Trinajstić information content (AvgIpc) is 2.63. The summed E-state index contributed by atoms with van der Waals surface area (Å²) in [5, 5.41) is 0. The van der Waals surface area contributed by atoms with E-state index in [0.29, 0.717) is 6.01 Å². The van der Waals surface area contributed by atoms with Crippen LogP contribution in [0.15, 0.2) is 18.2 Å². The maximum Gasteiger partial charge on any atom is 0.294 e. The van der Waals surface area contributed by atoms with E-state index in [0.717, 1.165) is 17.0 Å². The third kappa shape index (κ3) is 1.81. The molecule has 2 rings (SSSR count). The van der Waals surface area contributed by atoms with E-state index in [1.54, 1.807) is 7.11 Å². The molecular formula is C13H16N2O. The van der Waals surface area contributed by atoms with Gasteiger partial charge in [-0.25, -0.2) is 0 Å². The molecule has 3 heteroatoms. The fourth-order valence-corrected chi connectivity index (χ4v) is 1.78. The minimum atomic E-state index is 0.563. The molecule has 0 aliphatic rings. The molecule has 0 amide bonds. The van der Waals surface area contributed by atoms with Gasteiger partial charge in [0.2, 0.25) is 0 Å². The first-order chi connectivity index (χ1) is 7.61. The van der Waals surface area contributed by atoms with Crippen LogP contribution in [0, 0.1) is 20.8 Å². The molecule has 0 saturated heterocycles. The smallest absolute Gasteiger partial charge is 0.294 e. The highest BCUT2D eigenvalue weighted by molar-refractivity contribution is 5.67. The number of hydrogen-bond acceptors (Lipinski definition) is 2. The van der Waals surface area contributed by atoms with Crippen molar-refractivity contribution in [1.82, 2.24) is 9.97 Å². The molecule has 0 bridgehead atoms. The summed E-state index contributed by atoms with van der Waals surface area (Å²) in [7, 11) is 1.62. The Hall–Kier alpha value is -1.77. The highest BCUT2D eigenvalue weighted by Crippen LogP contribution is 2.27. The highest BCUT2D eigenvalue weighted by atomic mass is 16.5. The van der Waals surface area contributed by atoms with Crippen LogP contribution in [-0.4, -0.2) is 17.1 Å². The molecule has 3 nitrogen and oxygen atoms in total. The third-order valence-corrected chi connectivity index (χ3v) is 2.70. The van der Waals surface area contributed by atoms with Crippen LogP contribution in [0.2, 0.25) is 0 Å². The van der Waals surface area contributed by atoms with E-state index in [1.165, 1.54) is 11.1 Å². The Kier molecular flexibility index (Phi) is 2.69. The average molecular weight is 216 g/mol. The fourth-order valence-electron chi connectivity index (χ4n) is 1.78. The maximum atomic E-state index is 5.10. The van der Waals surface area contributed by atoms with Crippen molar-refractivity contribution in [3.63, 3.8) is 0 Å². The van der Waals surface area contributed by atoms with E-state index >= 15 is 0 Å². The molecule has 0 aliphatic heterocycles. The highest BCUT2D eigenvalue weighted by Gasteiger charge is 2.11. The number of imidazole rings is 1. The zero-order chi connectivity index (χ0) is 11.7. The zero-order valence-electron chi connectivity index (χ0n) is 10.1. The van der Waals surface area contributed by atoms with Crippen molar-refractivity contribution in [2.75, 3.05) is 7.11 Å². The Morgan fingerprint density at radius 3 is 2.56 bits per heavy atom.